The van der Waals surface area contributed by atoms with Gasteiger partial charge in [-0.1, -0.05) is 18.2 Å². The van der Waals surface area contributed by atoms with Crippen molar-refractivity contribution in [1.29, 1.82) is 5.26 Å². The van der Waals surface area contributed by atoms with Crippen LogP contribution in [0.3, 0.4) is 0 Å². The van der Waals surface area contributed by atoms with E-state index >= 15 is 0 Å². The molecule has 0 saturated carbocycles. The maximum Gasteiger partial charge on any atom is 0.416 e. The predicted molar refractivity (Wildman–Crippen MR) is 181 cm³/mol. The van der Waals surface area contributed by atoms with Gasteiger partial charge in [-0.3, -0.25) is 19.4 Å². The minimum Gasteiger partial charge on any atom is -0.504 e. The Kier molecular flexibility index (Phi) is 8.83. The van der Waals surface area contributed by atoms with Gasteiger partial charge in [0.05, 0.1) is 30.8 Å². The molecule has 0 aromatic heterocycles. The van der Waals surface area contributed by atoms with Crippen molar-refractivity contribution in [2.45, 2.75) is 70.0 Å². The molecular formula is C38H37F3N4O7. The number of hydrogen-bond donors (Lipinski definition) is 2. The number of phenols is 1. The molecule has 1 fully saturated rings. The Morgan fingerprint density at radius 1 is 1.12 bits per heavy atom. The average molecular weight is 719 g/mol. The first-order chi connectivity index (χ1) is 24.7. The van der Waals surface area contributed by atoms with E-state index < -0.39 is 47.8 Å². The number of ether oxygens (including phenoxy) is 4. The van der Waals surface area contributed by atoms with Crippen LogP contribution in [-0.4, -0.2) is 72.4 Å². The Bertz CT molecular complexity index is 2060. The number of carbonyl (C=O) groups is 2. The van der Waals surface area contributed by atoms with Crippen LogP contribution in [0, 0.1) is 25.2 Å². The number of nitrogens with one attached hydrogen (secondary N) is 1. The molecule has 3 aromatic rings. The third-order valence-corrected chi connectivity index (χ3v) is 10.6. The average Bonchev–Trinajstić information content (AvgIpc) is 3.58. The fraction of sp³-hybridized carbons (Fsp3) is 0.395. The Morgan fingerprint density at radius 3 is 2.56 bits per heavy atom. The van der Waals surface area contributed by atoms with Gasteiger partial charge in [-0.2, -0.15) is 18.4 Å². The van der Waals surface area contributed by atoms with Gasteiger partial charge in [0.25, 0.3) is 0 Å². The molecule has 0 aliphatic carbocycles. The van der Waals surface area contributed by atoms with Gasteiger partial charge in [0.2, 0.25) is 12.7 Å². The topological polar surface area (TPSA) is 134 Å². The highest BCUT2D eigenvalue weighted by molar-refractivity contribution is 5.91. The first-order valence-corrected chi connectivity index (χ1v) is 16.8. The maximum atomic E-state index is 13.3. The van der Waals surface area contributed by atoms with E-state index in [1.54, 1.807) is 6.92 Å². The number of benzene rings is 3. The van der Waals surface area contributed by atoms with Crippen molar-refractivity contribution in [2.75, 3.05) is 27.5 Å². The van der Waals surface area contributed by atoms with Crippen LogP contribution < -0.4 is 24.3 Å². The van der Waals surface area contributed by atoms with Crippen LogP contribution in [-0.2, 0) is 28.6 Å². The normalized spacial score (nSPS) is 23.3. The maximum absolute atomic E-state index is 13.3. The molecule has 4 heterocycles. The highest BCUT2D eigenvalue weighted by atomic mass is 19.4. The number of rotatable bonds is 6. The lowest BCUT2D eigenvalue weighted by Gasteiger charge is -2.60. The van der Waals surface area contributed by atoms with Gasteiger partial charge in [0.15, 0.2) is 23.0 Å². The van der Waals surface area contributed by atoms with Crippen molar-refractivity contribution in [3.63, 3.8) is 0 Å². The zero-order valence-corrected chi connectivity index (χ0v) is 29.1. The molecule has 3 aromatic carbocycles. The van der Waals surface area contributed by atoms with E-state index in [-0.39, 0.29) is 37.1 Å². The van der Waals surface area contributed by atoms with E-state index in [1.165, 1.54) is 32.2 Å². The van der Waals surface area contributed by atoms with Crippen LogP contribution in [0.25, 0.3) is 6.08 Å². The zero-order chi connectivity index (χ0) is 37.2. The number of carbonyl (C=O) groups excluding carboxylic acids is 2. The number of likely N-dealkylation sites (N-methyl/N-ethyl adjacent to an activating group) is 1. The first kappa shape index (κ1) is 35.2. The predicted octanol–water partition coefficient (Wildman–Crippen LogP) is 5.29. The molecule has 11 nitrogen and oxygen atoms in total. The molecule has 2 bridgehead atoms. The lowest BCUT2D eigenvalue weighted by molar-refractivity contribution is -0.137. The molecule has 0 radical (unpaired) electrons. The van der Waals surface area contributed by atoms with Gasteiger partial charge in [-0.25, -0.2) is 0 Å². The summed E-state index contributed by atoms with van der Waals surface area (Å²) in [7, 11) is 3.42. The van der Waals surface area contributed by atoms with Crippen LogP contribution in [0.5, 0.6) is 28.7 Å². The summed E-state index contributed by atoms with van der Waals surface area (Å²) in [5.74, 6) is 0.350. The van der Waals surface area contributed by atoms with E-state index in [2.05, 4.69) is 21.2 Å². The van der Waals surface area contributed by atoms with E-state index in [1.807, 2.05) is 20.0 Å². The van der Waals surface area contributed by atoms with Gasteiger partial charge in [-0.05, 0) is 68.6 Å². The zero-order valence-electron chi connectivity index (χ0n) is 29.1. The summed E-state index contributed by atoms with van der Waals surface area (Å²) in [5.41, 5.74) is 3.50. The van der Waals surface area contributed by atoms with Gasteiger partial charge >= 0.3 is 12.1 Å². The summed E-state index contributed by atoms with van der Waals surface area (Å²) < 4.78 is 63.3. The van der Waals surface area contributed by atoms with Gasteiger partial charge in [0, 0.05) is 53.9 Å². The molecule has 5 atom stereocenters. The number of amides is 1. The minimum atomic E-state index is -4.54. The Hall–Kier alpha value is -5.26. The monoisotopic (exact) mass is 718 g/mol. The molecular weight excluding hydrogens is 681 g/mol. The molecule has 4 aliphatic rings. The number of esters is 1. The summed E-state index contributed by atoms with van der Waals surface area (Å²) in [5, 5.41) is 25.4. The number of phenolic OH excluding ortho intramolecular Hbond substituents is 1. The van der Waals surface area contributed by atoms with Crippen LogP contribution in [0.2, 0.25) is 0 Å². The van der Waals surface area contributed by atoms with Crippen molar-refractivity contribution < 1.29 is 46.8 Å². The van der Waals surface area contributed by atoms with Crippen molar-refractivity contribution in [2.24, 2.45) is 0 Å². The van der Waals surface area contributed by atoms with Crippen molar-refractivity contribution in [3.8, 4) is 34.8 Å². The first-order valence-electron chi connectivity index (χ1n) is 16.8. The summed E-state index contributed by atoms with van der Waals surface area (Å²) in [4.78, 5) is 30.0. The fourth-order valence-electron chi connectivity index (χ4n) is 8.56. The number of aryl methyl sites for hydroxylation is 1. The molecule has 7 rings (SSSR count). The number of nitrogens with zero attached hydrogens (tertiary/aromatic N) is 3. The second-order valence-corrected chi connectivity index (χ2v) is 13.5. The Labute approximate surface area is 298 Å². The number of nitriles is 1. The molecule has 0 spiro atoms. The van der Waals surface area contributed by atoms with E-state index in [0.717, 1.165) is 29.3 Å². The number of alkyl halides is 3. The molecule has 4 aliphatic heterocycles. The highest BCUT2D eigenvalue weighted by Crippen LogP contribution is 2.58. The second kappa shape index (κ2) is 13.1. The van der Waals surface area contributed by atoms with Crippen molar-refractivity contribution in [1.82, 2.24) is 15.1 Å². The van der Waals surface area contributed by atoms with Crippen LogP contribution in [0.4, 0.5) is 13.2 Å². The van der Waals surface area contributed by atoms with E-state index in [4.69, 9.17) is 18.9 Å². The standard InChI is InChI=1S/C38H37F3N4O7/c1-18-11-22-13-25-27(15-42)45-26(32(44(25)4)30(22)33(48)34(18)49-5)14-24-31(37-36(50-17-51-37)19(2)35(24)52-20(3)46)28(45)16-43-29(47)10-9-21-7-6-8-23(12-21)38(39,40)41/h6-12,25-28,32,48H,13-14,16-17H2,1-5H3,(H,43,47)/t25-,26?,27-,28-,32-/m0/s1. The molecule has 1 amide bonds. The molecule has 272 valence electrons. The lowest BCUT2D eigenvalue weighted by atomic mass is 9.71. The van der Waals surface area contributed by atoms with Crippen LogP contribution in [0.1, 0.15) is 63.5 Å². The SMILES string of the molecule is COc1c(C)cc2c(c1O)[C@@H]1C3Cc4c(OC(C)=O)c(C)c5c(c4[C@H](CNC(=O)C=Cc4cccc(C(F)(F)F)c4)N3[C@@H](C#N)[C@H](C2)N1C)OCO5. The molecule has 1 unspecified atom stereocenters. The Morgan fingerprint density at radius 2 is 1.87 bits per heavy atom. The van der Waals surface area contributed by atoms with Crippen molar-refractivity contribution in [3.05, 3.63) is 80.9 Å². The third kappa shape index (κ3) is 5.68. The van der Waals surface area contributed by atoms with Crippen LogP contribution >= 0.6 is 0 Å². The quantitative estimate of drug-likeness (QED) is 0.197. The number of methoxy groups -OCH3 is 1. The van der Waals surface area contributed by atoms with Crippen LogP contribution in [0.15, 0.2) is 36.4 Å². The summed E-state index contributed by atoms with van der Waals surface area (Å²) in [6.07, 6.45) is -1.34. The van der Waals surface area contributed by atoms with Gasteiger partial charge < -0.3 is 29.4 Å². The highest BCUT2D eigenvalue weighted by Gasteiger charge is 2.57. The van der Waals surface area contributed by atoms with E-state index in [9.17, 15) is 33.1 Å². The molecule has 52 heavy (non-hydrogen) atoms. The van der Waals surface area contributed by atoms with Gasteiger partial charge in [0.1, 0.15) is 11.8 Å². The molecule has 1 saturated heterocycles. The van der Waals surface area contributed by atoms with Gasteiger partial charge in [-0.15, -0.1) is 0 Å². The fourth-order valence-corrected chi connectivity index (χ4v) is 8.56. The van der Waals surface area contributed by atoms with E-state index in [0.29, 0.717) is 51.7 Å². The summed E-state index contributed by atoms with van der Waals surface area (Å²) >= 11 is 0. The summed E-state index contributed by atoms with van der Waals surface area (Å²) in [6.45, 7) is 4.78. The lowest BCUT2D eigenvalue weighted by Crippen LogP contribution is -2.68. The minimum absolute atomic E-state index is 0.0145. The smallest absolute Gasteiger partial charge is 0.416 e. The molecule has 14 heteroatoms. The number of fused-ring (bicyclic) bond motifs is 9. The number of halogens is 3. The Balaban J connectivity index is 1.35. The van der Waals surface area contributed by atoms with Crippen molar-refractivity contribution >= 4 is 18.0 Å². The largest absolute Gasteiger partial charge is 0.504 e. The number of piperazine rings is 1. The second-order valence-electron chi connectivity index (χ2n) is 13.5. The molecule has 2 N–H and O–H groups in total. The third-order valence-electron chi connectivity index (χ3n) is 10.6. The summed E-state index contributed by atoms with van der Waals surface area (Å²) in [6, 6.07) is 6.51. The number of hydrogen-bond acceptors (Lipinski definition) is 10. The number of aromatic hydroxyl groups is 1.